The highest BCUT2D eigenvalue weighted by Gasteiger charge is 2.41. The van der Waals surface area contributed by atoms with Gasteiger partial charge in [0.2, 0.25) is 41.4 Å². The van der Waals surface area contributed by atoms with Crippen LogP contribution in [-0.2, 0) is 62.4 Å². The van der Waals surface area contributed by atoms with E-state index in [1.165, 1.54) is 41.7 Å². The molecular formula is C50H71N13O12. The number of phenols is 1. The molecule has 0 spiro atoms. The number of aliphatic imine (C=N–C) groups is 1. The molecule has 0 radical (unpaired) electrons. The monoisotopic (exact) mass is 1050 g/mol. The zero-order chi connectivity index (χ0) is 55.4. The van der Waals surface area contributed by atoms with E-state index in [0.29, 0.717) is 29.7 Å². The molecule has 7 amide bonds. The Labute approximate surface area is 434 Å². The first-order valence-corrected chi connectivity index (χ1v) is 24.8. The summed E-state index contributed by atoms with van der Waals surface area (Å²) in [6.45, 7) is 6.90. The largest absolute Gasteiger partial charge is 0.508 e. The Morgan fingerprint density at radius 3 is 1.95 bits per heavy atom. The van der Waals surface area contributed by atoms with Gasteiger partial charge in [-0.1, -0.05) is 76.6 Å². The van der Waals surface area contributed by atoms with Crippen LogP contribution in [0.1, 0.15) is 83.0 Å². The van der Waals surface area contributed by atoms with E-state index in [4.69, 9.17) is 17.2 Å². The number of carboxylic acids is 2. The fourth-order valence-electron chi connectivity index (χ4n) is 8.31. The summed E-state index contributed by atoms with van der Waals surface area (Å²) in [6, 6.07) is 3.95. The number of nitrogens with one attached hydrogen (secondary N) is 7. The predicted octanol–water partition coefficient (Wildman–Crippen LogP) is -1.31. The molecular weight excluding hydrogens is 975 g/mol. The standard InChI is InChI=1S/C50H71N13O12/c1-5-28(4)41(47(72)59-36(23-31-25-54-26-56-31)48(73)63-20-10-14-38(63)45(70)60-37(49(74)75)22-29-11-7-6-8-12-29)62-44(69)35(21-30-15-17-32(64)18-16-30)58-46(71)40(27(2)3)61-43(68)34(13-9-19-55-50(52)53)57-42(67)33(51)24-39(65)66/h6-8,11-12,15-18,25-28,33-38,40-41,64H,5,9-10,13-14,19-24,51H2,1-4H3,(H,54,56)(H,57,67)(H,58,71)(H,59,72)(H,60,70)(H,61,68)(H,62,69)(H,65,66)(H,74,75)(H4,52,53,55)/t28-,33-,34-,35-,36-,37-,38-,40-,41-/m1/s1. The molecule has 3 aromatic rings. The quantitative estimate of drug-likeness (QED) is 0.0218. The number of aliphatic carboxylic acids is 2. The number of hydrogen-bond acceptors (Lipinski definition) is 13. The van der Waals surface area contributed by atoms with Gasteiger partial charge in [0.1, 0.15) is 48.0 Å². The molecule has 1 aromatic heterocycles. The summed E-state index contributed by atoms with van der Waals surface area (Å²) < 4.78 is 0. The van der Waals surface area contributed by atoms with Gasteiger partial charge < -0.3 is 74.3 Å². The van der Waals surface area contributed by atoms with Crippen LogP contribution in [-0.4, -0.2) is 151 Å². The summed E-state index contributed by atoms with van der Waals surface area (Å²) in [7, 11) is 0. The second-order valence-corrected chi connectivity index (χ2v) is 18.9. The number of guanidine groups is 1. The fourth-order valence-corrected chi connectivity index (χ4v) is 8.31. The molecule has 16 N–H and O–H groups in total. The summed E-state index contributed by atoms with van der Waals surface area (Å²) in [5.41, 5.74) is 18.2. The maximum Gasteiger partial charge on any atom is 0.326 e. The van der Waals surface area contributed by atoms with Gasteiger partial charge in [-0.3, -0.25) is 43.3 Å². The number of likely N-dealkylation sites (tertiary alicyclic amines) is 1. The Bertz CT molecular complexity index is 2450. The van der Waals surface area contributed by atoms with Gasteiger partial charge >= 0.3 is 11.9 Å². The number of aromatic hydroxyl groups is 1. The summed E-state index contributed by atoms with van der Waals surface area (Å²) in [4.78, 5) is 134. The van der Waals surface area contributed by atoms with Crippen LogP contribution < -0.4 is 49.1 Å². The van der Waals surface area contributed by atoms with E-state index in [1.54, 1.807) is 58.0 Å². The molecule has 2 heterocycles. The first kappa shape index (κ1) is 59.5. The maximum absolute atomic E-state index is 14.6. The highest BCUT2D eigenvalue weighted by Crippen LogP contribution is 2.21. The van der Waals surface area contributed by atoms with Crippen molar-refractivity contribution in [1.29, 1.82) is 0 Å². The first-order chi connectivity index (χ1) is 35.6. The number of imidazole rings is 1. The third-order valence-corrected chi connectivity index (χ3v) is 12.7. The van der Waals surface area contributed by atoms with Gasteiger partial charge in [-0.05, 0) is 60.8 Å². The van der Waals surface area contributed by atoms with Gasteiger partial charge in [0.15, 0.2) is 5.96 Å². The van der Waals surface area contributed by atoms with E-state index in [-0.39, 0.29) is 63.3 Å². The van der Waals surface area contributed by atoms with Crippen LogP contribution >= 0.6 is 0 Å². The molecule has 25 heteroatoms. The number of carbonyl (C=O) groups excluding carboxylic acids is 7. The molecule has 25 nitrogen and oxygen atoms in total. The number of H-pyrrole nitrogens is 1. The van der Waals surface area contributed by atoms with E-state index >= 15 is 0 Å². The molecule has 0 aliphatic carbocycles. The molecule has 75 heavy (non-hydrogen) atoms. The lowest BCUT2D eigenvalue weighted by Gasteiger charge is -2.32. The van der Waals surface area contributed by atoms with Crippen molar-refractivity contribution in [3.63, 3.8) is 0 Å². The number of phenolic OH excluding ortho intramolecular Hbond substituents is 1. The van der Waals surface area contributed by atoms with Crippen LogP contribution in [0.4, 0.5) is 0 Å². The Hall–Kier alpha value is -8.09. The fraction of sp³-hybridized carbons (Fsp3) is 0.500. The number of carboxylic acid groups (broad SMARTS) is 2. The Balaban J connectivity index is 1.59. The number of carbonyl (C=O) groups is 9. The molecule has 1 saturated heterocycles. The highest BCUT2D eigenvalue weighted by atomic mass is 16.4. The zero-order valence-electron chi connectivity index (χ0n) is 42.5. The molecule has 0 saturated carbocycles. The average Bonchev–Trinajstić information content (AvgIpc) is 4.08. The minimum atomic E-state index is -1.51. The molecule has 4 rings (SSSR count). The van der Waals surface area contributed by atoms with Gasteiger partial charge in [-0.15, -0.1) is 0 Å². The van der Waals surface area contributed by atoms with Gasteiger partial charge in [0.05, 0.1) is 18.8 Å². The normalized spacial score (nSPS) is 16.3. The molecule has 1 aliphatic rings. The lowest BCUT2D eigenvalue weighted by atomic mass is 9.96. The van der Waals surface area contributed by atoms with Crippen molar-refractivity contribution >= 4 is 59.2 Å². The van der Waals surface area contributed by atoms with E-state index in [2.05, 4.69) is 46.9 Å². The van der Waals surface area contributed by atoms with Crippen LogP contribution in [0.3, 0.4) is 0 Å². The first-order valence-electron chi connectivity index (χ1n) is 24.8. The smallest absolute Gasteiger partial charge is 0.326 e. The Morgan fingerprint density at radius 1 is 0.747 bits per heavy atom. The van der Waals surface area contributed by atoms with E-state index in [1.807, 2.05) is 0 Å². The molecule has 2 aromatic carbocycles. The van der Waals surface area contributed by atoms with Crippen molar-refractivity contribution in [2.24, 2.45) is 34.0 Å². The van der Waals surface area contributed by atoms with Crippen LogP contribution in [0.15, 0.2) is 72.1 Å². The van der Waals surface area contributed by atoms with Crippen molar-refractivity contribution in [3.05, 3.63) is 83.9 Å². The average molecular weight is 1050 g/mol. The van der Waals surface area contributed by atoms with Crippen molar-refractivity contribution in [2.45, 2.75) is 134 Å². The lowest BCUT2D eigenvalue weighted by Crippen LogP contribution is -2.62. The second kappa shape index (κ2) is 29.0. The van der Waals surface area contributed by atoms with Crippen molar-refractivity contribution in [2.75, 3.05) is 13.1 Å². The van der Waals surface area contributed by atoms with E-state index in [0.717, 1.165) is 0 Å². The summed E-state index contributed by atoms with van der Waals surface area (Å²) in [5.74, 6) is -9.64. The van der Waals surface area contributed by atoms with Crippen molar-refractivity contribution in [3.8, 4) is 5.75 Å². The predicted molar refractivity (Wildman–Crippen MR) is 273 cm³/mol. The van der Waals surface area contributed by atoms with Crippen molar-refractivity contribution < 1.29 is 58.5 Å². The maximum atomic E-state index is 14.6. The molecule has 1 aliphatic heterocycles. The van der Waals surface area contributed by atoms with Crippen molar-refractivity contribution in [1.82, 2.24) is 46.8 Å². The number of rotatable bonds is 29. The number of amides is 7. The van der Waals surface area contributed by atoms with E-state index in [9.17, 15) is 58.5 Å². The highest BCUT2D eigenvalue weighted by molar-refractivity contribution is 5.98. The minimum Gasteiger partial charge on any atom is -0.508 e. The Morgan fingerprint density at radius 2 is 1.35 bits per heavy atom. The number of hydrogen-bond donors (Lipinski definition) is 13. The molecule has 1 fully saturated rings. The third kappa shape index (κ3) is 18.7. The third-order valence-electron chi connectivity index (χ3n) is 12.7. The van der Waals surface area contributed by atoms with Gasteiger partial charge in [-0.2, -0.15) is 0 Å². The zero-order valence-corrected chi connectivity index (χ0v) is 42.5. The molecule has 9 atom stereocenters. The molecule has 0 bridgehead atoms. The molecule has 408 valence electrons. The van der Waals surface area contributed by atoms with Gasteiger partial charge in [-0.25, -0.2) is 9.78 Å². The minimum absolute atomic E-state index is 0.00211. The number of nitrogens with two attached hydrogens (primary N) is 3. The number of benzene rings is 2. The molecule has 0 unspecified atom stereocenters. The van der Waals surface area contributed by atoms with E-state index < -0.39 is 120 Å². The lowest BCUT2D eigenvalue weighted by molar-refractivity contribution is -0.145. The number of aromatic amines is 1. The summed E-state index contributed by atoms with van der Waals surface area (Å²) in [5, 5.41) is 45.1. The number of nitrogens with zero attached hydrogens (tertiary/aromatic N) is 3. The summed E-state index contributed by atoms with van der Waals surface area (Å²) in [6.07, 6.45) is 2.92. The number of aromatic nitrogens is 2. The second-order valence-electron chi connectivity index (χ2n) is 18.9. The van der Waals surface area contributed by atoms with Crippen LogP contribution in [0.5, 0.6) is 5.75 Å². The van der Waals surface area contributed by atoms with Gasteiger partial charge in [0, 0.05) is 44.2 Å². The van der Waals surface area contributed by atoms with Crippen LogP contribution in [0.25, 0.3) is 0 Å². The van der Waals surface area contributed by atoms with Crippen LogP contribution in [0, 0.1) is 11.8 Å². The topological polar surface area (TPSA) is 409 Å². The Kier molecular flexibility index (Phi) is 23.0. The SMILES string of the molecule is CC[C@@H](C)[C@@H](NC(=O)[C@@H](Cc1ccc(O)cc1)NC(=O)[C@H](NC(=O)[C@@H](CCCN=C(N)N)NC(=O)[C@H](N)CC(=O)O)C(C)C)C(=O)N[C@H](Cc1cnc[nH]1)C(=O)N1CCC[C@@H]1C(=O)N[C@H](Cc1ccccc1)C(=O)O. The van der Waals surface area contributed by atoms with Gasteiger partial charge in [0.25, 0.3) is 0 Å². The summed E-state index contributed by atoms with van der Waals surface area (Å²) >= 11 is 0. The van der Waals surface area contributed by atoms with Crippen LogP contribution in [0.2, 0.25) is 0 Å².